The first kappa shape index (κ1) is 12.5. The lowest BCUT2D eigenvalue weighted by atomic mass is 10.3. The number of rotatable bonds is 1. The van der Waals surface area contributed by atoms with Gasteiger partial charge in [-0.25, -0.2) is 16.1 Å². The molecule has 8 nitrogen and oxygen atoms in total. The van der Waals surface area contributed by atoms with Crippen molar-refractivity contribution < 1.29 is 14.4 Å². The molecule has 0 saturated heterocycles. The Labute approximate surface area is 96.5 Å². The Morgan fingerprint density at radius 2 is 1.59 bits per heavy atom. The first-order valence-electron chi connectivity index (χ1n) is 4.56. The van der Waals surface area contributed by atoms with Crippen molar-refractivity contribution in [2.45, 2.75) is 0 Å². The average Bonchev–Trinajstić information content (AvgIpc) is 2.36. The molecule has 0 saturated carbocycles. The molecule has 0 aliphatic carbocycles. The van der Waals surface area contributed by atoms with Crippen LogP contribution in [0.3, 0.4) is 0 Å². The molecule has 0 aromatic heterocycles. The lowest BCUT2D eigenvalue weighted by molar-refractivity contribution is -0.139. The maximum Gasteiger partial charge on any atom is 0.337 e. The summed E-state index contributed by atoms with van der Waals surface area (Å²) < 4.78 is 0. The number of nitrogens with one attached hydrogen (secondary N) is 4. The van der Waals surface area contributed by atoms with E-state index in [2.05, 4.69) is 5.32 Å². The Hall–Kier alpha value is -2.61. The summed E-state index contributed by atoms with van der Waals surface area (Å²) in [6, 6.07) is 7.89. The van der Waals surface area contributed by atoms with Crippen LogP contribution in [0.15, 0.2) is 30.3 Å². The summed E-state index contributed by atoms with van der Waals surface area (Å²) in [5.41, 5.74) is 6.00. The van der Waals surface area contributed by atoms with Gasteiger partial charge in [0.25, 0.3) is 0 Å². The van der Waals surface area contributed by atoms with Gasteiger partial charge < -0.3 is 5.32 Å². The minimum Gasteiger partial charge on any atom is -0.307 e. The Morgan fingerprint density at radius 3 is 2.18 bits per heavy atom. The fourth-order valence-corrected chi connectivity index (χ4v) is 0.920. The average molecular weight is 237 g/mol. The largest absolute Gasteiger partial charge is 0.337 e. The van der Waals surface area contributed by atoms with Crippen molar-refractivity contribution >= 4 is 23.5 Å². The third kappa shape index (κ3) is 4.18. The van der Waals surface area contributed by atoms with Gasteiger partial charge in [-0.2, -0.15) is 0 Å². The first-order chi connectivity index (χ1) is 8.13. The molecule has 0 heterocycles. The highest BCUT2D eigenvalue weighted by atomic mass is 16.2. The monoisotopic (exact) mass is 237 g/mol. The Morgan fingerprint density at radius 1 is 0.941 bits per heavy atom. The molecule has 0 aliphatic heterocycles. The quantitative estimate of drug-likeness (QED) is 0.182. The maximum atomic E-state index is 11.2. The van der Waals surface area contributed by atoms with Crippen molar-refractivity contribution in [2.75, 3.05) is 5.32 Å². The predicted octanol–water partition coefficient (Wildman–Crippen LogP) is -1.17. The van der Waals surface area contributed by atoms with Crippen molar-refractivity contribution in [3.8, 4) is 0 Å². The molecule has 1 aromatic carbocycles. The number of carbonyl (C=O) groups is 3. The highest BCUT2D eigenvalue weighted by molar-refractivity contribution is 6.35. The van der Waals surface area contributed by atoms with E-state index in [1.165, 1.54) is 0 Å². The number of hydrogen-bond donors (Lipinski definition) is 5. The zero-order valence-corrected chi connectivity index (χ0v) is 8.69. The van der Waals surface area contributed by atoms with Gasteiger partial charge in [0.05, 0.1) is 0 Å². The molecular formula is C9H11N5O3. The number of amides is 4. The fraction of sp³-hybridized carbons (Fsp3) is 0. The van der Waals surface area contributed by atoms with Crippen LogP contribution in [0.5, 0.6) is 0 Å². The molecule has 0 spiro atoms. The number of hydrazine groups is 2. The molecule has 0 bridgehead atoms. The molecule has 4 amide bonds. The van der Waals surface area contributed by atoms with Gasteiger partial charge in [-0.05, 0) is 12.1 Å². The summed E-state index contributed by atoms with van der Waals surface area (Å²) in [7, 11) is 0. The van der Waals surface area contributed by atoms with E-state index in [4.69, 9.17) is 5.84 Å². The van der Waals surface area contributed by atoms with Crippen LogP contribution in [0.2, 0.25) is 0 Å². The molecule has 1 rings (SSSR count). The van der Waals surface area contributed by atoms with E-state index in [1.54, 1.807) is 35.8 Å². The van der Waals surface area contributed by atoms with Gasteiger partial charge in [0.1, 0.15) is 0 Å². The van der Waals surface area contributed by atoms with Crippen molar-refractivity contribution in [3.63, 3.8) is 0 Å². The molecule has 17 heavy (non-hydrogen) atoms. The van der Waals surface area contributed by atoms with Crippen LogP contribution in [-0.2, 0) is 9.59 Å². The van der Waals surface area contributed by atoms with Gasteiger partial charge in [0.15, 0.2) is 0 Å². The molecule has 0 atom stereocenters. The standard InChI is InChI=1S/C9H11N5O3/c10-12-7(15)8(16)13-14-9(17)11-6-4-2-1-3-5-6/h1-5H,10H2,(H,12,15)(H,13,16)(H2,11,14,17). The molecule has 90 valence electrons. The molecule has 0 radical (unpaired) electrons. The van der Waals surface area contributed by atoms with Gasteiger partial charge in [0, 0.05) is 5.69 Å². The number of anilines is 1. The van der Waals surface area contributed by atoms with Crippen molar-refractivity contribution in [1.29, 1.82) is 0 Å². The second kappa shape index (κ2) is 6.08. The molecule has 1 aromatic rings. The van der Waals surface area contributed by atoms with Crippen LogP contribution in [0, 0.1) is 0 Å². The lowest BCUT2D eigenvalue weighted by Gasteiger charge is -2.07. The number of para-hydroxylation sites is 1. The van der Waals surface area contributed by atoms with E-state index < -0.39 is 17.8 Å². The number of nitrogens with two attached hydrogens (primary N) is 1. The van der Waals surface area contributed by atoms with E-state index >= 15 is 0 Å². The van der Waals surface area contributed by atoms with Crippen LogP contribution >= 0.6 is 0 Å². The minimum atomic E-state index is -1.07. The topological polar surface area (TPSA) is 125 Å². The lowest BCUT2D eigenvalue weighted by Crippen LogP contribution is -2.51. The Kier molecular flexibility index (Phi) is 4.45. The molecule has 0 aliphatic rings. The SMILES string of the molecule is NNC(=O)C(=O)NNC(=O)Nc1ccccc1. The zero-order valence-electron chi connectivity index (χ0n) is 8.69. The second-order valence-electron chi connectivity index (χ2n) is 2.87. The molecule has 0 unspecified atom stereocenters. The molecule has 0 fully saturated rings. The third-order valence-electron chi connectivity index (χ3n) is 1.66. The van der Waals surface area contributed by atoms with Gasteiger partial charge in [-0.15, -0.1) is 0 Å². The zero-order chi connectivity index (χ0) is 12.7. The van der Waals surface area contributed by atoms with Gasteiger partial charge in [-0.1, -0.05) is 18.2 Å². The van der Waals surface area contributed by atoms with Crippen LogP contribution in [-0.4, -0.2) is 17.8 Å². The van der Waals surface area contributed by atoms with Crippen LogP contribution in [0.1, 0.15) is 0 Å². The van der Waals surface area contributed by atoms with E-state index in [-0.39, 0.29) is 0 Å². The molecule has 6 N–H and O–H groups in total. The number of hydrogen-bond acceptors (Lipinski definition) is 4. The van der Waals surface area contributed by atoms with Crippen LogP contribution < -0.4 is 27.4 Å². The van der Waals surface area contributed by atoms with Crippen molar-refractivity contribution in [2.24, 2.45) is 5.84 Å². The summed E-state index contributed by atoms with van der Waals surface area (Å²) in [4.78, 5) is 32.8. The van der Waals surface area contributed by atoms with E-state index in [9.17, 15) is 14.4 Å². The number of benzene rings is 1. The molecular weight excluding hydrogens is 226 g/mol. The fourth-order valence-electron chi connectivity index (χ4n) is 0.920. The van der Waals surface area contributed by atoms with Gasteiger partial charge >= 0.3 is 17.8 Å². The maximum absolute atomic E-state index is 11.2. The summed E-state index contributed by atoms with van der Waals surface area (Å²) in [5.74, 6) is 2.58. The summed E-state index contributed by atoms with van der Waals surface area (Å²) in [6.07, 6.45) is 0. The van der Waals surface area contributed by atoms with E-state index in [0.29, 0.717) is 5.69 Å². The first-order valence-corrected chi connectivity index (χ1v) is 4.56. The Balaban J connectivity index is 2.36. The Bertz CT molecular complexity index is 420. The third-order valence-corrected chi connectivity index (χ3v) is 1.66. The molecule has 8 heteroatoms. The summed E-state index contributed by atoms with van der Waals surface area (Å²) >= 11 is 0. The van der Waals surface area contributed by atoms with E-state index in [1.807, 2.05) is 10.9 Å². The predicted molar refractivity (Wildman–Crippen MR) is 59.1 cm³/mol. The highest BCUT2D eigenvalue weighted by Crippen LogP contribution is 2.03. The van der Waals surface area contributed by atoms with Crippen molar-refractivity contribution in [1.82, 2.24) is 16.3 Å². The summed E-state index contributed by atoms with van der Waals surface area (Å²) in [6.45, 7) is 0. The number of urea groups is 1. The van der Waals surface area contributed by atoms with Crippen LogP contribution in [0.25, 0.3) is 0 Å². The number of carbonyl (C=O) groups excluding carboxylic acids is 3. The van der Waals surface area contributed by atoms with E-state index in [0.717, 1.165) is 0 Å². The van der Waals surface area contributed by atoms with Gasteiger partial charge in [0.2, 0.25) is 0 Å². The highest BCUT2D eigenvalue weighted by Gasteiger charge is 2.11. The van der Waals surface area contributed by atoms with Crippen molar-refractivity contribution in [3.05, 3.63) is 30.3 Å². The summed E-state index contributed by atoms with van der Waals surface area (Å²) in [5, 5.41) is 2.43. The minimum absolute atomic E-state index is 0.544. The smallest absolute Gasteiger partial charge is 0.307 e. The normalized spacial score (nSPS) is 9.00. The van der Waals surface area contributed by atoms with Crippen LogP contribution in [0.4, 0.5) is 10.5 Å². The second-order valence-corrected chi connectivity index (χ2v) is 2.87. The van der Waals surface area contributed by atoms with Gasteiger partial charge in [-0.3, -0.25) is 20.4 Å².